The predicted molar refractivity (Wildman–Crippen MR) is 129 cm³/mol. The second kappa shape index (κ2) is 9.15. The fourth-order valence-electron chi connectivity index (χ4n) is 3.87. The number of carbonyl (C=O) groups is 1. The van der Waals surface area contributed by atoms with Crippen molar-refractivity contribution in [1.82, 2.24) is 14.7 Å². The van der Waals surface area contributed by atoms with E-state index in [2.05, 4.69) is 24.1 Å². The summed E-state index contributed by atoms with van der Waals surface area (Å²) >= 11 is 0. The number of allylic oxidation sites excluding steroid dienone is 3. The van der Waals surface area contributed by atoms with Gasteiger partial charge in [-0.05, 0) is 69.2 Å². The summed E-state index contributed by atoms with van der Waals surface area (Å²) in [7, 11) is 3.58. The van der Waals surface area contributed by atoms with E-state index in [0.29, 0.717) is 43.4 Å². The molecule has 2 heterocycles. The Balaban J connectivity index is 1.72. The van der Waals surface area contributed by atoms with Gasteiger partial charge in [0.15, 0.2) is 5.88 Å². The summed E-state index contributed by atoms with van der Waals surface area (Å²) in [5.74, 6) is 1.21. The number of ether oxygens (including phenoxy) is 2. The van der Waals surface area contributed by atoms with Crippen molar-refractivity contribution in [3.05, 3.63) is 71.9 Å². The molecule has 3 rings (SSSR count). The number of likely N-dealkylation sites (N-methyl/N-ethyl adjacent to an activating group) is 1. The molecule has 0 bridgehead atoms. The smallest absolute Gasteiger partial charge is 0.257 e. The maximum Gasteiger partial charge on any atom is 0.257 e. The van der Waals surface area contributed by atoms with Gasteiger partial charge in [0.1, 0.15) is 11.4 Å². The number of methoxy groups -OCH3 is 1. The molecule has 0 unspecified atom stereocenters. The molecule has 0 aromatic heterocycles. The number of hydrogen-bond acceptors (Lipinski definition) is 5. The Morgan fingerprint density at radius 2 is 1.72 bits per heavy atom. The molecule has 1 amide bonds. The lowest BCUT2D eigenvalue weighted by atomic mass is 9.98. The van der Waals surface area contributed by atoms with Crippen molar-refractivity contribution in [2.24, 2.45) is 0 Å². The fraction of sp³-hybridized carbons (Fsp3) is 0.423. The van der Waals surface area contributed by atoms with Crippen LogP contribution in [0.25, 0.3) is 5.57 Å². The van der Waals surface area contributed by atoms with Gasteiger partial charge in [0.25, 0.3) is 5.91 Å². The lowest BCUT2D eigenvalue weighted by Crippen LogP contribution is -2.49. The van der Waals surface area contributed by atoms with Gasteiger partial charge in [-0.25, -0.2) is 0 Å². The Kier molecular flexibility index (Phi) is 6.72. The standard InChI is InChI=1S/C26H35N3O3/c1-18-15-22(17-27(7)19(18)2)21-9-10-23(24(16-21)31-8)25(30)29-13-11-28(12-14-29)20(3)32-26(4,5)6/h9-10,15-17H,2-3,11-14H2,1,4-8H3. The van der Waals surface area contributed by atoms with Crippen LogP contribution in [0.1, 0.15) is 43.6 Å². The van der Waals surface area contributed by atoms with Crippen molar-refractivity contribution in [2.75, 3.05) is 40.3 Å². The van der Waals surface area contributed by atoms with Gasteiger partial charge in [0, 0.05) is 45.1 Å². The van der Waals surface area contributed by atoms with Gasteiger partial charge in [-0.3, -0.25) is 4.79 Å². The number of benzene rings is 1. The average Bonchev–Trinajstić information content (AvgIpc) is 2.75. The summed E-state index contributed by atoms with van der Waals surface area (Å²) < 4.78 is 11.5. The first kappa shape index (κ1) is 23.5. The van der Waals surface area contributed by atoms with Crippen LogP contribution in [0.3, 0.4) is 0 Å². The number of carbonyl (C=O) groups excluding carboxylic acids is 1. The van der Waals surface area contributed by atoms with Crippen LogP contribution in [0.15, 0.2) is 60.8 Å². The lowest BCUT2D eigenvalue weighted by molar-refractivity contribution is -0.00871. The molecule has 32 heavy (non-hydrogen) atoms. The number of hydrogen-bond donors (Lipinski definition) is 0. The van der Waals surface area contributed by atoms with E-state index < -0.39 is 0 Å². The summed E-state index contributed by atoms with van der Waals surface area (Å²) in [6, 6.07) is 5.76. The molecule has 2 aliphatic rings. The molecule has 2 aliphatic heterocycles. The Morgan fingerprint density at radius 3 is 2.28 bits per heavy atom. The molecule has 1 aromatic carbocycles. The maximum atomic E-state index is 13.2. The van der Waals surface area contributed by atoms with Gasteiger partial charge in [0.2, 0.25) is 0 Å². The second-order valence-electron chi connectivity index (χ2n) is 9.27. The molecule has 1 fully saturated rings. The van der Waals surface area contributed by atoms with Crippen LogP contribution >= 0.6 is 0 Å². The predicted octanol–water partition coefficient (Wildman–Crippen LogP) is 4.49. The van der Waals surface area contributed by atoms with E-state index in [0.717, 1.165) is 22.4 Å². The van der Waals surface area contributed by atoms with E-state index >= 15 is 0 Å². The number of nitrogens with zero attached hydrogens (tertiary/aromatic N) is 3. The molecule has 1 aromatic rings. The SMILES string of the molecule is C=C1C(C)=CC(c2ccc(C(=O)N3CCN(C(=C)OC(C)(C)C)CC3)c(OC)c2)=CN1C. The van der Waals surface area contributed by atoms with E-state index in [1.807, 2.05) is 68.9 Å². The van der Waals surface area contributed by atoms with E-state index in [1.54, 1.807) is 7.11 Å². The summed E-state index contributed by atoms with van der Waals surface area (Å²) in [5.41, 5.74) is 4.42. The van der Waals surface area contributed by atoms with Crippen LogP contribution in [0.2, 0.25) is 0 Å². The normalized spacial score (nSPS) is 17.1. The quantitative estimate of drug-likeness (QED) is 0.636. The Morgan fingerprint density at radius 1 is 1.09 bits per heavy atom. The summed E-state index contributed by atoms with van der Waals surface area (Å²) in [6.07, 6.45) is 4.14. The molecule has 172 valence electrons. The molecule has 0 aliphatic carbocycles. The van der Waals surface area contributed by atoms with Crippen LogP contribution in [0.4, 0.5) is 0 Å². The average molecular weight is 438 g/mol. The zero-order valence-corrected chi connectivity index (χ0v) is 20.2. The summed E-state index contributed by atoms with van der Waals surface area (Å²) in [6.45, 7) is 18.8. The van der Waals surface area contributed by atoms with Crippen LogP contribution in [-0.4, -0.2) is 66.5 Å². The molecule has 0 saturated carbocycles. The first-order valence-corrected chi connectivity index (χ1v) is 10.9. The highest BCUT2D eigenvalue weighted by molar-refractivity contribution is 5.97. The van der Waals surface area contributed by atoms with Crippen molar-refractivity contribution in [2.45, 2.75) is 33.3 Å². The van der Waals surface area contributed by atoms with E-state index in [-0.39, 0.29) is 11.5 Å². The van der Waals surface area contributed by atoms with Gasteiger partial charge < -0.3 is 24.2 Å². The lowest BCUT2D eigenvalue weighted by Gasteiger charge is -2.38. The van der Waals surface area contributed by atoms with Crippen LogP contribution in [0, 0.1) is 0 Å². The Hall–Kier alpha value is -3.15. The van der Waals surface area contributed by atoms with E-state index in [4.69, 9.17) is 9.47 Å². The molecule has 0 radical (unpaired) electrons. The molecule has 6 nitrogen and oxygen atoms in total. The first-order valence-electron chi connectivity index (χ1n) is 10.9. The highest BCUT2D eigenvalue weighted by Crippen LogP contribution is 2.31. The minimum absolute atomic E-state index is 0.0229. The maximum absolute atomic E-state index is 13.2. The van der Waals surface area contributed by atoms with Crippen molar-refractivity contribution in [1.29, 1.82) is 0 Å². The van der Waals surface area contributed by atoms with Crippen molar-refractivity contribution < 1.29 is 14.3 Å². The summed E-state index contributed by atoms with van der Waals surface area (Å²) in [5, 5.41) is 0. The summed E-state index contributed by atoms with van der Waals surface area (Å²) in [4.78, 5) is 19.2. The molecular formula is C26H35N3O3. The third kappa shape index (κ3) is 5.18. The first-order chi connectivity index (χ1) is 15.0. The van der Waals surface area contributed by atoms with Gasteiger partial charge in [0.05, 0.1) is 12.7 Å². The van der Waals surface area contributed by atoms with E-state index in [1.165, 1.54) is 0 Å². The van der Waals surface area contributed by atoms with Gasteiger partial charge in [-0.1, -0.05) is 12.6 Å². The van der Waals surface area contributed by atoms with E-state index in [9.17, 15) is 4.79 Å². The topological polar surface area (TPSA) is 45.3 Å². The van der Waals surface area contributed by atoms with Gasteiger partial charge >= 0.3 is 0 Å². The number of amides is 1. The minimum Gasteiger partial charge on any atom is -0.496 e. The van der Waals surface area contributed by atoms with Crippen molar-refractivity contribution >= 4 is 11.5 Å². The van der Waals surface area contributed by atoms with Crippen LogP contribution in [0.5, 0.6) is 5.75 Å². The Labute approximate surface area is 192 Å². The fourth-order valence-corrected chi connectivity index (χ4v) is 3.87. The number of piperazine rings is 1. The zero-order chi connectivity index (χ0) is 23.6. The van der Waals surface area contributed by atoms with Crippen LogP contribution < -0.4 is 4.74 Å². The largest absolute Gasteiger partial charge is 0.496 e. The number of rotatable bonds is 5. The second-order valence-corrected chi connectivity index (χ2v) is 9.27. The van der Waals surface area contributed by atoms with Gasteiger partial charge in [-0.2, -0.15) is 0 Å². The molecule has 0 N–H and O–H groups in total. The highest BCUT2D eigenvalue weighted by atomic mass is 16.5. The third-order valence-electron chi connectivity index (χ3n) is 5.69. The zero-order valence-electron chi connectivity index (χ0n) is 20.2. The molecule has 0 spiro atoms. The van der Waals surface area contributed by atoms with Crippen LogP contribution in [-0.2, 0) is 4.74 Å². The molecule has 1 saturated heterocycles. The third-order valence-corrected chi connectivity index (χ3v) is 5.69. The van der Waals surface area contributed by atoms with Crippen molar-refractivity contribution in [3.63, 3.8) is 0 Å². The molecular weight excluding hydrogens is 402 g/mol. The molecule has 0 atom stereocenters. The monoisotopic (exact) mass is 437 g/mol. The molecule has 6 heteroatoms. The Bertz CT molecular complexity index is 977. The van der Waals surface area contributed by atoms with Crippen molar-refractivity contribution in [3.8, 4) is 5.75 Å². The van der Waals surface area contributed by atoms with Gasteiger partial charge in [-0.15, -0.1) is 0 Å². The minimum atomic E-state index is -0.289. The highest BCUT2D eigenvalue weighted by Gasteiger charge is 2.27.